The van der Waals surface area contributed by atoms with Gasteiger partial charge >= 0.3 is 0 Å². The van der Waals surface area contributed by atoms with Gasteiger partial charge in [-0.1, -0.05) is 42.5 Å². The van der Waals surface area contributed by atoms with Crippen molar-refractivity contribution in [3.8, 4) is 0 Å². The Labute approximate surface area is 178 Å². The fraction of sp³-hybridized carbons (Fsp3) is 0.286. The van der Waals surface area contributed by atoms with E-state index < -0.39 is 11.8 Å². The minimum Gasteiger partial charge on any atom is -0.326 e. The van der Waals surface area contributed by atoms with Crippen molar-refractivity contribution in [3.63, 3.8) is 0 Å². The van der Waals surface area contributed by atoms with Gasteiger partial charge < -0.3 is 5.32 Å². The molecule has 0 heterocycles. The number of hydrogen-bond donors (Lipinski definition) is 3. The summed E-state index contributed by atoms with van der Waals surface area (Å²) in [4.78, 5) is 36.7. The summed E-state index contributed by atoms with van der Waals surface area (Å²) < 4.78 is 0. The van der Waals surface area contributed by atoms with Crippen molar-refractivity contribution in [2.75, 3.05) is 5.32 Å². The number of hydrogen-bond acceptors (Lipinski definition) is 3. The number of carbonyl (C=O) groups is 3. The van der Waals surface area contributed by atoms with Gasteiger partial charge in [0.1, 0.15) is 0 Å². The summed E-state index contributed by atoms with van der Waals surface area (Å²) >= 11 is 11.8. The molecule has 0 atom stereocenters. The Kier molecular flexibility index (Phi) is 7.12. The molecule has 1 saturated carbocycles. The van der Waals surface area contributed by atoms with Crippen LogP contribution in [0.25, 0.3) is 0 Å². The molecule has 0 aliphatic heterocycles. The molecule has 1 aliphatic rings. The van der Waals surface area contributed by atoms with E-state index in [0.717, 1.165) is 25.7 Å². The van der Waals surface area contributed by atoms with Gasteiger partial charge in [-0.05, 0) is 55.3 Å². The molecule has 2 aromatic rings. The SMILES string of the molecule is O=C(NNC(=O)c1ccc(Cl)cc1Cl)c1ccc(NC(=O)C2CCCCC2)cc1. The maximum absolute atomic E-state index is 12.3. The first-order valence-electron chi connectivity index (χ1n) is 9.40. The predicted octanol–water partition coefficient (Wildman–Crippen LogP) is 4.59. The van der Waals surface area contributed by atoms with Gasteiger partial charge in [0.25, 0.3) is 11.8 Å². The number of halogens is 2. The second-order valence-electron chi connectivity index (χ2n) is 6.93. The quantitative estimate of drug-likeness (QED) is 0.616. The Morgan fingerprint density at radius 3 is 2.14 bits per heavy atom. The summed E-state index contributed by atoms with van der Waals surface area (Å²) in [5.74, 6) is -0.972. The topological polar surface area (TPSA) is 87.3 Å². The highest BCUT2D eigenvalue weighted by atomic mass is 35.5. The lowest BCUT2D eigenvalue weighted by atomic mass is 9.88. The summed E-state index contributed by atoms with van der Waals surface area (Å²) in [6, 6.07) is 10.9. The second kappa shape index (κ2) is 9.76. The number of amides is 3. The van der Waals surface area contributed by atoms with Crippen LogP contribution in [0.2, 0.25) is 10.0 Å². The summed E-state index contributed by atoms with van der Waals surface area (Å²) in [6.45, 7) is 0. The molecular weight excluding hydrogens is 413 g/mol. The smallest absolute Gasteiger partial charge is 0.271 e. The third kappa shape index (κ3) is 5.71. The Balaban J connectivity index is 1.53. The zero-order chi connectivity index (χ0) is 20.8. The van der Waals surface area contributed by atoms with Crippen LogP contribution in [-0.2, 0) is 4.79 Å². The van der Waals surface area contributed by atoms with E-state index in [1.165, 1.54) is 24.6 Å². The lowest BCUT2D eigenvalue weighted by Crippen LogP contribution is -2.41. The van der Waals surface area contributed by atoms with Gasteiger partial charge in [0, 0.05) is 22.2 Å². The van der Waals surface area contributed by atoms with Gasteiger partial charge in [-0.25, -0.2) is 0 Å². The van der Waals surface area contributed by atoms with E-state index >= 15 is 0 Å². The maximum atomic E-state index is 12.3. The molecule has 0 radical (unpaired) electrons. The van der Waals surface area contributed by atoms with Crippen LogP contribution in [-0.4, -0.2) is 17.7 Å². The number of benzene rings is 2. The van der Waals surface area contributed by atoms with Gasteiger partial charge in [0.2, 0.25) is 5.91 Å². The predicted molar refractivity (Wildman–Crippen MR) is 113 cm³/mol. The van der Waals surface area contributed by atoms with E-state index in [9.17, 15) is 14.4 Å². The molecule has 3 amide bonds. The molecule has 0 aromatic heterocycles. The summed E-state index contributed by atoms with van der Waals surface area (Å²) in [7, 11) is 0. The van der Waals surface area contributed by atoms with Crippen molar-refractivity contribution >= 4 is 46.6 Å². The van der Waals surface area contributed by atoms with Crippen LogP contribution < -0.4 is 16.2 Å². The molecule has 0 spiro atoms. The Hall–Kier alpha value is -2.57. The van der Waals surface area contributed by atoms with Gasteiger partial charge in [-0.15, -0.1) is 0 Å². The van der Waals surface area contributed by atoms with Crippen molar-refractivity contribution in [1.82, 2.24) is 10.9 Å². The van der Waals surface area contributed by atoms with E-state index in [1.54, 1.807) is 24.3 Å². The zero-order valence-corrected chi connectivity index (χ0v) is 17.1. The fourth-order valence-electron chi connectivity index (χ4n) is 3.24. The van der Waals surface area contributed by atoms with Crippen LogP contribution in [0.3, 0.4) is 0 Å². The van der Waals surface area contributed by atoms with Crippen molar-refractivity contribution in [2.24, 2.45) is 5.92 Å². The van der Waals surface area contributed by atoms with Gasteiger partial charge in [0.15, 0.2) is 0 Å². The molecule has 29 heavy (non-hydrogen) atoms. The molecular formula is C21H21Cl2N3O3. The van der Waals surface area contributed by atoms with Gasteiger partial charge in [0.05, 0.1) is 10.6 Å². The standard InChI is InChI=1S/C21H21Cl2N3O3/c22-15-8-11-17(18(23)12-15)21(29)26-25-20(28)14-6-9-16(10-7-14)24-19(27)13-4-2-1-3-5-13/h6-13H,1-5H2,(H,24,27)(H,25,28)(H,26,29). The first-order chi connectivity index (χ1) is 13.9. The van der Waals surface area contributed by atoms with E-state index in [-0.39, 0.29) is 22.4 Å². The minimum absolute atomic E-state index is 0.0222. The normalized spacial score (nSPS) is 14.1. The van der Waals surface area contributed by atoms with Gasteiger partial charge in [-0.3, -0.25) is 25.2 Å². The summed E-state index contributed by atoms with van der Waals surface area (Å²) in [5.41, 5.74) is 5.81. The van der Waals surface area contributed by atoms with E-state index in [0.29, 0.717) is 16.3 Å². The van der Waals surface area contributed by atoms with E-state index in [2.05, 4.69) is 16.2 Å². The summed E-state index contributed by atoms with van der Waals surface area (Å²) in [5, 5.41) is 3.49. The summed E-state index contributed by atoms with van der Waals surface area (Å²) in [6.07, 6.45) is 5.20. The van der Waals surface area contributed by atoms with Gasteiger partial charge in [-0.2, -0.15) is 0 Å². The molecule has 2 aromatic carbocycles. The Morgan fingerprint density at radius 1 is 0.828 bits per heavy atom. The second-order valence-corrected chi connectivity index (χ2v) is 7.78. The average molecular weight is 434 g/mol. The highest BCUT2D eigenvalue weighted by Gasteiger charge is 2.21. The number of nitrogens with one attached hydrogen (secondary N) is 3. The highest BCUT2D eigenvalue weighted by molar-refractivity contribution is 6.36. The molecule has 0 saturated heterocycles. The monoisotopic (exact) mass is 433 g/mol. The maximum Gasteiger partial charge on any atom is 0.271 e. The van der Waals surface area contributed by atoms with Crippen LogP contribution >= 0.6 is 23.2 Å². The van der Waals surface area contributed by atoms with Crippen LogP contribution in [0.4, 0.5) is 5.69 Å². The molecule has 0 bridgehead atoms. The van der Waals surface area contributed by atoms with Crippen LogP contribution in [0.15, 0.2) is 42.5 Å². The minimum atomic E-state index is -0.559. The largest absolute Gasteiger partial charge is 0.326 e. The first-order valence-corrected chi connectivity index (χ1v) is 10.2. The number of carbonyl (C=O) groups excluding carboxylic acids is 3. The van der Waals surface area contributed by atoms with E-state index in [4.69, 9.17) is 23.2 Å². The Bertz CT molecular complexity index is 910. The molecule has 3 N–H and O–H groups in total. The first kappa shape index (κ1) is 21.1. The zero-order valence-electron chi connectivity index (χ0n) is 15.6. The average Bonchev–Trinajstić information content (AvgIpc) is 2.73. The van der Waals surface area contributed by atoms with Crippen molar-refractivity contribution < 1.29 is 14.4 Å². The lowest BCUT2D eigenvalue weighted by molar-refractivity contribution is -0.120. The number of hydrazine groups is 1. The Morgan fingerprint density at radius 2 is 1.48 bits per heavy atom. The number of anilines is 1. The van der Waals surface area contributed by atoms with Crippen molar-refractivity contribution in [1.29, 1.82) is 0 Å². The third-order valence-corrected chi connectivity index (χ3v) is 5.40. The molecule has 1 fully saturated rings. The fourth-order valence-corrected chi connectivity index (χ4v) is 3.74. The molecule has 152 valence electrons. The van der Waals surface area contributed by atoms with Crippen molar-refractivity contribution in [2.45, 2.75) is 32.1 Å². The molecule has 0 unspecified atom stereocenters. The molecule has 1 aliphatic carbocycles. The lowest BCUT2D eigenvalue weighted by Gasteiger charge is -2.20. The number of rotatable bonds is 4. The highest BCUT2D eigenvalue weighted by Crippen LogP contribution is 2.25. The molecule has 6 nitrogen and oxygen atoms in total. The van der Waals surface area contributed by atoms with Crippen LogP contribution in [0, 0.1) is 5.92 Å². The van der Waals surface area contributed by atoms with Crippen LogP contribution in [0.1, 0.15) is 52.8 Å². The molecule has 3 rings (SSSR count). The van der Waals surface area contributed by atoms with Crippen molar-refractivity contribution in [3.05, 3.63) is 63.6 Å². The third-order valence-electron chi connectivity index (χ3n) is 4.86. The van der Waals surface area contributed by atoms with E-state index in [1.807, 2.05) is 0 Å². The van der Waals surface area contributed by atoms with Crippen LogP contribution in [0.5, 0.6) is 0 Å². The molecule has 8 heteroatoms.